The van der Waals surface area contributed by atoms with E-state index in [0.717, 1.165) is 18.8 Å². The third-order valence-corrected chi connectivity index (χ3v) is 3.58. The molecule has 9 heavy (non-hydrogen) atoms. The van der Waals surface area contributed by atoms with E-state index < -0.39 is 10.8 Å². The van der Waals surface area contributed by atoms with Gasteiger partial charge in [-0.1, -0.05) is 0 Å². The molecule has 0 saturated carbocycles. The largest absolute Gasteiger partial charge is 0.314 e. The van der Waals surface area contributed by atoms with Gasteiger partial charge in [0.2, 0.25) is 0 Å². The lowest BCUT2D eigenvalue weighted by Crippen LogP contribution is -2.47. The van der Waals surface area contributed by atoms with E-state index in [4.69, 9.17) is 0 Å². The Morgan fingerprint density at radius 3 is 2.56 bits per heavy atom. The molecule has 0 bridgehead atoms. The Morgan fingerprint density at radius 2 is 2.22 bits per heavy atom. The normalized spacial score (nSPS) is 34.2. The van der Waals surface area contributed by atoms with Gasteiger partial charge in [0.25, 0.3) is 0 Å². The maximum absolute atomic E-state index is 11.2. The molecule has 1 heterocycles. The predicted molar refractivity (Wildman–Crippen MR) is 40.0 cm³/mol. The molecule has 0 aromatic carbocycles. The van der Waals surface area contributed by atoms with Crippen molar-refractivity contribution in [3.63, 3.8) is 0 Å². The monoisotopic (exact) mass is 147 g/mol. The Morgan fingerprint density at radius 1 is 1.56 bits per heavy atom. The number of hydrogen-bond donors (Lipinski definition) is 1. The van der Waals surface area contributed by atoms with Crippen LogP contribution in [0, 0.1) is 0 Å². The van der Waals surface area contributed by atoms with Gasteiger partial charge in [0.05, 0.1) is 4.75 Å². The standard InChI is InChI=1S/C6H13NOS/c1-6(2)5-7-3-4-9(6)8/h7H,3-5H2,1-2H3/t9-/m1/s1. The maximum Gasteiger partial charge on any atom is 0.0527 e. The van der Waals surface area contributed by atoms with E-state index in [9.17, 15) is 4.21 Å². The van der Waals surface area contributed by atoms with Crippen LogP contribution < -0.4 is 5.32 Å². The lowest BCUT2D eigenvalue weighted by Gasteiger charge is -2.28. The van der Waals surface area contributed by atoms with Crippen LogP contribution in [0.3, 0.4) is 0 Å². The molecule has 0 amide bonds. The van der Waals surface area contributed by atoms with Gasteiger partial charge in [-0.2, -0.15) is 0 Å². The summed E-state index contributed by atoms with van der Waals surface area (Å²) in [4.78, 5) is 0. The smallest absolute Gasteiger partial charge is 0.0527 e. The Hall–Kier alpha value is 0.110. The van der Waals surface area contributed by atoms with E-state index in [1.807, 2.05) is 13.8 Å². The van der Waals surface area contributed by atoms with E-state index in [1.165, 1.54) is 0 Å². The van der Waals surface area contributed by atoms with Crippen LogP contribution in [-0.4, -0.2) is 27.8 Å². The molecule has 2 nitrogen and oxygen atoms in total. The van der Waals surface area contributed by atoms with Crippen molar-refractivity contribution in [3.05, 3.63) is 0 Å². The first-order valence-corrected chi connectivity index (χ1v) is 4.54. The highest BCUT2D eigenvalue weighted by molar-refractivity contribution is 7.86. The van der Waals surface area contributed by atoms with E-state index in [0.29, 0.717) is 0 Å². The molecule has 0 unspecified atom stereocenters. The number of rotatable bonds is 0. The summed E-state index contributed by atoms with van der Waals surface area (Å²) in [5.74, 6) is 0.812. The van der Waals surface area contributed by atoms with Crippen molar-refractivity contribution in [2.75, 3.05) is 18.8 Å². The Bertz CT molecular complexity index is 133. The zero-order valence-electron chi connectivity index (χ0n) is 5.94. The van der Waals surface area contributed by atoms with Crippen molar-refractivity contribution < 1.29 is 4.21 Å². The van der Waals surface area contributed by atoms with Gasteiger partial charge in [-0.15, -0.1) is 0 Å². The zero-order valence-corrected chi connectivity index (χ0v) is 6.75. The molecule has 1 N–H and O–H groups in total. The van der Waals surface area contributed by atoms with Gasteiger partial charge in [0.15, 0.2) is 0 Å². The van der Waals surface area contributed by atoms with Crippen molar-refractivity contribution >= 4 is 10.8 Å². The van der Waals surface area contributed by atoms with Crippen LogP contribution in [0.2, 0.25) is 0 Å². The van der Waals surface area contributed by atoms with Crippen LogP contribution in [0.25, 0.3) is 0 Å². The maximum atomic E-state index is 11.2. The topological polar surface area (TPSA) is 29.1 Å². The second-order valence-corrected chi connectivity index (χ2v) is 5.19. The van der Waals surface area contributed by atoms with Crippen LogP contribution in [0.4, 0.5) is 0 Å². The quantitative estimate of drug-likeness (QED) is 0.527. The highest BCUT2D eigenvalue weighted by Gasteiger charge is 2.27. The van der Waals surface area contributed by atoms with Crippen LogP contribution >= 0.6 is 0 Å². The Balaban J connectivity index is 2.60. The van der Waals surface area contributed by atoms with Crippen LogP contribution in [0.1, 0.15) is 13.8 Å². The lowest BCUT2D eigenvalue weighted by molar-refractivity contribution is 0.549. The number of nitrogens with one attached hydrogen (secondary N) is 1. The lowest BCUT2D eigenvalue weighted by atomic mass is 10.2. The van der Waals surface area contributed by atoms with E-state index in [2.05, 4.69) is 5.32 Å². The zero-order chi connectivity index (χ0) is 6.91. The van der Waals surface area contributed by atoms with Gasteiger partial charge >= 0.3 is 0 Å². The Kier molecular flexibility index (Phi) is 1.91. The summed E-state index contributed by atoms with van der Waals surface area (Å²) < 4.78 is 11.2. The molecule has 1 saturated heterocycles. The van der Waals surface area contributed by atoms with E-state index in [-0.39, 0.29) is 4.75 Å². The molecule has 1 aliphatic rings. The van der Waals surface area contributed by atoms with Crippen molar-refractivity contribution in [3.8, 4) is 0 Å². The molecule has 0 aliphatic carbocycles. The van der Waals surface area contributed by atoms with Gasteiger partial charge in [0, 0.05) is 29.6 Å². The Labute approximate surface area is 58.5 Å². The summed E-state index contributed by atoms with van der Waals surface area (Å²) in [5, 5.41) is 3.21. The molecular formula is C6H13NOS. The SMILES string of the molecule is CC1(C)CNCC[S@]1=O. The predicted octanol–water partition coefficient (Wildman–Crippen LogP) is 0.117. The van der Waals surface area contributed by atoms with Crippen LogP contribution in [0.5, 0.6) is 0 Å². The van der Waals surface area contributed by atoms with Crippen LogP contribution in [-0.2, 0) is 10.8 Å². The molecule has 54 valence electrons. The fraction of sp³-hybridized carbons (Fsp3) is 1.00. The highest BCUT2D eigenvalue weighted by Crippen LogP contribution is 2.13. The van der Waals surface area contributed by atoms with Gasteiger partial charge in [-0.25, -0.2) is 0 Å². The summed E-state index contributed by atoms with van der Waals surface area (Å²) in [6.45, 7) is 5.88. The van der Waals surface area contributed by atoms with E-state index >= 15 is 0 Å². The second kappa shape index (κ2) is 2.39. The summed E-state index contributed by atoms with van der Waals surface area (Å²) in [7, 11) is -0.613. The fourth-order valence-corrected chi connectivity index (χ4v) is 2.06. The first kappa shape index (κ1) is 7.22. The minimum atomic E-state index is -0.613. The third kappa shape index (κ3) is 1.52. The minimum absolute atomic E-state index is 0.00174. The van der Waals surface area contributed by atoms with Gasteiger partial charge in [-0.3, -0.25) is 4.21 Å². The minimum Gasteiger partial charge on any atom is -0.314 e. The summed E-state index contributed by atoms with van der Waals surface area (Å²) >= 11 is 0. The first-order valence-electron chi connectivity index (χ1n) is 3.22. The van der Waals surface area contributed by atoms with Crippen molar-refractivity contribution in [2.24, 2.45) is 0 Å². The fourth-order valence-electron chi connectivity index (χ4n) is 0.911. The third-order valence-electron chi connectivity index (χ3n) is 1.63. The van der Waals surface area contributed by atoms with Gasteiger partial charge < -0.3 is 5.32 Å². The molecule has 1 rings (SSSR count). The molecular weight excluding hydrogens is 134 g/mol. The molecule has 3 heteroatoms. The number of hydrogen-bond acceptors (Lipinski definition) is 2. The van der Waals surface area contributed by atoms with Crippen molar-refractivity contribution in [2.45, 2.75) is 18.6 Å². The molecule has 1 aliphatic heterocycles. The average Bonchev–Trinajstić information content (AvgIpc) is 1.77. The van der Waals surface area contributed by atoms with Gasteiger partial charge in [0.1, 0.15) is 0 Å². The average molecular weight is 147 g/mol. The highest BCUT2D eigenvalue weighted by atomic mass is 32.2. The van der Waals surface area contributed by atoms with E-state index in [1.54, 1.807) is 0 Å². The van der Waals surface area contributed by atoms with Crippen molar-refractivity contribution in [1.29, 1.82) is 0 Å². The first-order chi connectivity index (χ1) is 4.13. The summed E-state index contributed by atoms with van der Waals surface area (Å²) in [5.41, 5.74) is 0. The van der Waals surface area contributed by atoms with Crippen LogP contribution in [0.15, 0.2) is 0 Å². The molecule has 1 fully saturated rings. The van der Waals surface area contributed by atoms with Gasteiger partial charge in [-0.05, 0) is 13.8 Å². The molecule has 0 aromatic heterocycles. The molecule has 0 radical (unpaired) electrons. The summed E-state index contributed by atoms with van der Waals surface area (Å²) in [6.07, 6.45) is 0. The second-order valence-electron chi connectivity index (χ2n) is 2.99. The molecule has 1 atom stereocenters. The molecule has 0 aromatic rings. The summed E-state index contributed by atoms with van der Waals surface area (Å²) in [6, 6.07) is 0. The van der Waals surface area contributed by atoms with Crippen molar-refractivity contribution in [1.82, 2.24) is 5.32 Å². The molecule has 0 spiro atoms.